The third kappa shape index (κ3) is 2.57. The zero-order valence-electron chi connectivity index (χ0n) is 14.8. The third-order valence-corrected chi connectivity index (χ3v) is 6.46. The molecule has 1 N–H and O–H groups in total. The fourth-order valence-electron chi connectivity index (χ4n) is 5.20. The molecule has 5 heteroatoms. The van der Waals surface area contributed by atoms with E-state index in [1.54, 1.807) is 6.20 Å². The second-order valence-electron chi connectivity index (χ2n) is 7.78. The van der Waals surface area contributed by atoms with E-state index in [1.165, 1.54) is 25.7 Å². The summed E-state index contributed by atoms with van der Waals surface area (Å²) >= 11 is 0. The number of amides is 1. The van der Waals surface area contributed by atoms with E-state index in [2.05, 4.69) is 17.3 Å². The number of hydrogen-bond acceptors (Lipinski definition) is 3. The Hall–Kier alpha value is -1.36. The van der Waals surface area contributed by atoms with E-state index in [0.29, 0.717) is 24.0 Å². The van der Waals surface area contributed by atoms with Crippen LogP contribution in [0.3, 0.4) is 0 Å². The molecule has 3 fully saturated rings. The monoisotopic (exact) mass is 331 g/mol. The van der Waals surface area contributed by atoms with Gasteiger partial charge in [-0.1, -0.05) is 32.6 Å². The van der Waals surface area contributed by atoms with Crippen LogP contribution in [0.5, 0.6) is 0 Å². The second kappa shape index (κ2) is 6.51. The van der Waals surface area contributed by atoms with E-state index in [4.69, 9.17) is 4.74 Å². The van der Waals surface area contributed by atoms with E-state index in [9.17, 15) is 4.79 Å². The van der Waals surface area contributed by atoms with E-state index in [1.807, 2.05) is 11.6 Å². The summed E-state index contributed by atoms with van der Waals surface area (Å²) in [6.07, 6.45) is 9.51. The summed E-state index contributed by atoms with van der Waals surface area (Å²) in [6.45, 7) is 5.85. The highest BCUT2D eigenvalue weighted by Crippen LogP contribution is 2.51. The third-order valence-electron chi connectivity index (χ3n) is 6.46. The van der Waals surface area contributed by atoms with Crippen LogP contribution in [0.1, 0.15) is 61.5 Å². The normalized spacial score (nSPS) is 32.6. The first kappa shape index (κ1) is 16.1. The average molecular weight is 331 g/mol. The lowest BCUT2D eigenvalue weighted by Gasteiger charge is -2.50. The molecule has 1 aromatic rings. The van der Waals surface area contributed by atoms with Crippen LogP contribution >= 0.6 is 0 Å². The maximum atomic E-state index is 12.8. The minimum absolute atomic E-state index is 0.0493. The average Bonchev–Trinajstić information content (AvgIpc) is 3.28. The summed E-state index contributed by atoms with van der Waals surface area (Å²) in [4.78, 5) is 12.8. The largest absolute Gasteiger partial charge is 0.377 e. The van der Waals surface area contributed by atoms with Crippen molar-refractivity contribution in [2.24, 2.45) is 17.8 Å². The Bertz CT molecular complexity index is 601. The molecule has 132 valence electrons. The molecule has 0 bridgehead atoms. The van der Waals surface area contributed by atoms with Gasteiger partial charge in [-0.3, -0.25) is 9.48 Å². The molecule has 4 atom stereocenters. The van der Waals surface area contributed by atoms with Crippen LogP contribution in [0.25, 0.3) is 0 Å². The molecule has 2 heterocycles. The number of carbonyl (C=O) groups is 1. The summed E-state index contributed by atoms with van der Waals surface area (Å²) < 4.78 is 7.92. The van der Waals surface area contributed by atoms with Crippen LogP contribution in [0.15, 0.2) is 6.20 Å². The van der Waals surface area contributed by atoms with Crippen molar-refractivity contribution < 1.29 is 9.53 Å². The quantitative estimate of drug-likeness (QED) is 0.902. The van der Waals surface area contributed by atoms with E-state index >= 15 is 0 Å². The van der Waals surface area contributed by atoms with E-state index in [0.717, 1.165) is 43.2 Å². The van der Waals surface area contributed by atoms with Crippen LogP contribution < -0.4 is 5.32 Å². The van der Waals surface area contributed by atoms with Crippen molar-refractivity contribution in [3.8, 4) is 0 Å². The molecule has 2 saturated carbocycles. The number of rotatable bonds is 5. The Labute approximate surface area is 144 Å². The maximum Gasteiger partial charge on any atom is 0.254 e. The first-order valence-electron chi connectivity index (χ1n) is 9.65. The number of fused-ring (bicyclic) bond motifs is 1. The molecule has 3 aliphatic rings. The van der Waals surface area contributed by atoms with E-state index in [-0.39, 0.29) is 5.91 Å². The lowest BCUT2D eigenvalue weighted by atomic mass is 9.61. The highest BCUT2D eigenvalue weighted by atomic mass is 16.5. The summed E-state index contributed by atoms with van der Waals surface area (Å²) in [5.41, 5.74) is 1.71. The van der Waals surface area contributed by atoms with Crippen molar-refractivity contribution in [1.82, 2.24) is 15.1 Å². The van der Waals surface area contributed by atoms with Gasteiger partial charge in [0.15, 0.2) is 0 Å². The predicted molar refractivity (Wildman–Crippen MR) is 91.8 cm³/mol. The first-order valence-corrected chi connectivity index (χ1v) is 9.65. The molecule has 1 amide bonds. The van der Waals surface area contributed by atoms with E-state index < -0.39 is 0 Å². The van der Waals surface area contributed by atoms with Gasteiger partial charge in [0.1, 0.15) is 0 Å². The first-order chi connectivity index (χ1) is 11.7. The van der Waals surface area contributed by atoms with Gasteiger partial charge in [-0.05, 0) is 25.7 Å². The van der Waals surface area contributed by atoms with Gasteiger partial charge >= 0.3 is 0 Å². The molecular formula is C19H29N3O2. The number of aryl methyl sites for hydroxylation is 1. The zero-order chi connectivity index (χ0) is 16.7. The van der Waals surface area contributed by atoms with Crippen LogP contribution in [0.4, 0.5) is 0 Å². The lowest BCUT2D eigenvalue weighted by Crippen LogP contribution is -2.63. The Morgan fingerprint density at radius 1 is 1.38 bits per heavy atom. The van der Waals surface area contributed by atoms with Crippen molar-refractivity contribution in [3.63, 3.8) is 0 Å². The van der Waals surface area contributed by atoms with Gasteiger partial charge in [-0.2, -0.15) is 5.10 Å². The molecule has 1 saturated heterocycles. The molecule has 1 aromatic heterocycles. The second-order valence-corrected chi connectivity index (χ2v) is 7.78. The number of nitrogens with one attached hydrogen (secondary N) is 1. The molecule has 0 aromatic carbocycles. The van der Waals surface area contributed by atoms with Gasteiger partial charge in [-0.25, -0.2) is 0 Å². The van der Waals surface area contributed by atoms with Gasteiger partial charge in [-0.15, -0.1) is 0 Å². The number of aromatic nitrogens is 2. The Kier molecular flexibility index (Phi) is 4.37. The zero-order valence-corrected chi connectivity index (χ0v) is 14.8. The molecule has 24 heavy (non-hydrogen) atoms. The summed E-state index contributed by atoms with van der Waals surface area (Å²) in [5, 5.41) is 7.73. The molecule has 1 aliphatic heterocycles. The highest BCUT2D eigenvalue weighted by Gasteiger charge is 2.57. The van der Waals surface area contributed by atoms with Gasteiger partial charge in [0.2, 0.25) is 0 Å². The molecule has 2 aliphatic carbocycles. The predicted octanol–water partition coefficient (Wildman–Crippen LogP) is 2.93. The van der Waals surface area contributed by atoms with Gasteiger partial charge < -0.3 is 10.1 Å². The van der Waals surface area contributed by atoms with Gasteiger partial charge in [0.05, 0.1) is 17.9 Å². The van der Waals surface area contributed by atoms with Crippen LogP contribution in [0.2, 0.25) is 0 Å². The number of carbonyl (C=O) groups excluding carboxylic acids is 1. The molecular weight excluding hydrogens is 302 g/mol. The molecule has 4 rings (SSSR count). The fraction of sp³-hybridized carbons (Fsp3) is 0.789. The topological polar surface area (TPSA) is 56.2 Å². The SMILES string of the molecule is CCCn1ncc(C(=O)N[C@H]2[C@@H]3CCO[C@@H]3[C@@H]2C2CCCC2)c1C. The van der Waals surface area contributed by atoms with Crippen molar-refractivity contribution >= 4 is 5.91 Å². The minimum atomic E-state index is 0.0493. The Balaban J connectivity index is 1.48. The molecule has 0 radical (unpaired) electrons. The number of nitrogens with zero attached hydrogens (tertiary/aromatic N) is 2. The highest BCUT2D eigenvalue weighted by molar-refractivity contribution is 5.95. The van der Waals surface area contributed by atoms with Crippen molar-refractivity contribution in [1.29, 1.82) is 0 Å². The molecule has 0 unspecified atom stereocenters. The van der Waals surface area contributed by atoms with Gasteiger partial charge in [0.25, 0.3) is 5.91 Å². The molecule has 5 nitrogen and oxygen atoms in total. The maximum absolute atomic E-state index is 12.8. The van der Waals surface area contributed by atoms with Crippen LogP contribution in [-0.2, 0) is 11.3 Å². The lowest BCUT2D eigenvalue weighted by molar-refractivity contribution is -0.0784. The minimum Gasteiger partial charge on any atom is -0.377 e. The summed E-state index contributed by atoms with van der Waals surface area (Å²) in [5.74, 6) is 1.83. The summed E-state index contributed by atoms with van der Waals surface area (Å²) in [7, 11) is 0. The summed E-state index contributed by atoms with van der Waals surface area (Å²) in [6, 6.07) is 0.294. The number of ether oxygens (including phenoxy) is 1. The molecule has 0 spiro atoms. The smallest absolute Gasteiger partial charge is 0.254 e. The standard InChI is InChI=1S/C19H29N3O2/c1-3-9-22-12(2)15(11-20-22)19(23)21-17-14-8-10-24-18(14)16(17)13-6-4-5-7-13/h11,13-14,16-18H,3-10H2,1-2H3,(H,21,23)/t14-,16+,17-,18-/m0/s1. The Morgan fingerprint density at radius 3 is 2.92 bits per heavy atom. The van der Waals surface area contributed by atoms with Crippen molar-refractivity contribution in [2.75, 3.05) is 6.61 Å². The Morgan fingerprint density at radius 2 is 2.17 bits per heavy atom. The van der Waals surface area contributed by atoms with Crippen molar-refractivity contribution in [2.45, 2.75) is 71.1 Å². The number of hydrogen-bond donors (Lipinski definition) is 1. The van der Waals surface area contributed by atoms with Crippen molar-refractivity contribution in [3.05, 3.63) is 17.5 Å². The fourth-order valence-corrected chi connectivity index (χ4v) is 5.20. The van der Waals surface area contributed by atoms with Crippen LogP contribution in [0, 0.1) is 24.7 Å². The van der Waals surface area contributed by atoms with Gasteiger partial charge in [0, 0.05) is 36.7 Å². The van der Waals surface area contributed by atoms with Crippen LogP contribution in [-0.4, -0.2) is 34.4 Å².